The van der Waals surface area contributed by atoms with Gasteiger partial charge in [0.2, 0.25) is 0 Å². The number of rotatable bonds is 0. The van der Waals surface area contributed by atoms with Crippen LogP contribution in [0.2, 0.25) is 0 Å². The molecule has 0 fully saturated rings. The predicted octanol–water partition coefficient (Wildman–Crippen LogP) is 1.29. The third-order valence-corrected chi connectivity index (χ3v) is 1.08. The highest BCUT2D eigenvalue weighted by molar-refractivity contribution is 7.80. The van der Waals surface area contributed by atoms with Gasteiger partial charge in [-0.1, -0.05) is 12.2 Å². The molecule has 0 bridgehead atoms. The highest BCUT2D eigenvalue weighted by Crippen LogP contribution is 1.97. The fourth-order valence-electron chi connectivity index (χ4n) is 0.448. The first kappa shape index (κ1) is 4.78. The highest BCUT2D eigenvalue weighted by atomic mass is 32.1. The van der Waals surface area contributed by atoms with E-state index in [9.17, 15) is 0 Å². The van der Waals surface area contributed by atoms with Crippen LogP contribution in [-0.4, -0.2) is 11.7 Å². The smallest absolute Gasteiger partial charge is 0.163 e. The summed E-state index contributed by atoms with van der Waals surface area (Å²) in [5, 5.41) is 0.711. The maximum atomic E-state index is 4.92. The standard InChI is InChI=1S/C5H6OS/c7-5-3-1-2-4-6-5/h1-2H,3-4H2. The lowest BCUT2D eigenvalue weighted by molar-refractivity contribution is 0.346. The summed E-state index contributed by atoms with van der Waals surface area (Å²) in [6.07, 6.45) is 4.80. The molecule has 2 heteroatoms. The average Bonchev–Trinajstić information content (AvgIpc) is 1.69. The Morgan fingerprint density at radius 1 is 1.57 bits per heavy atom. The Labute approximate surface area is 48.0 Å². The second kappa shape index (κ2) is 2.07. The van der Waals surface area contributed by atoms with Gasteiger partial charge in [0, 0.05) is 6.42 Å². The Morgan fingerprint density at radius 3 is 2.71 bits per heavy atom. The van der Waals surface area contributed by atoms with Crippen LogP contribution in [0.4, 0.5) is 0 Å². The SMILES string of the molecule is S=C1CC=CCO1. The summed E-state index contributed by atoms with van der Waals surface area (Å²) in [5.41, 5.74) is 0. The van der Waals surface area contributed by atoms with E-state index in [4.69, 9.17) is 17.0 Å². The first-order chi connectivity index (χ1) is 3.39. The van der Waals surface area contributed by atoms with Crippen molar-refractivity contribution in [2.75, 3.05) is 6.61 Å². The van der Waals surface area contributed by atoms with E-state index < -0.39 is 0 Å². The summed E-state index contributed by atoms with van der Waals surface area (Å²) in [5.74, 6) is 0. The molecule has 1 heterocycles. The fourth-order valence-corrected chi connectivity index (χ4v) is 0.612. The van der Waals surface area contributed by atoms with Crippen molar-refractivity contribution in [3.05, 3.63) is 12.2 Å². The first-order valence-electron chi connectivity index (χ1n) is 2.20. The lowest BCUT2D eigenvalue weighted by Crippen LogP contribution is -2.03. The Morgan fingerprint density at radius 2 is 2.43 bits per heavy atom. The molecule has 1 aliphatic rings. The van der Waals surface area contributed by atoms with Gasteiger partial charge >= 0.3 is 0 Å². The minimum absolute atomic E-state index is 0.666. The maximum Gasteiger partial charge on any atom is 0.163 e. The molecule has 0 N–H and O–H groups in total. The first-order valence-corrected chi connectivity index (χ1v) is 2.61. The number of ether oxygens (including phenoxy) is 1. The van der Waals surface area contributed by atoms with Crippen LogP contribution >= 0.6 is 12.2 Å². The molecule has 0 atom stereocenters. The van der Waals surface area contributed by atoms with E-state index in [2.05, 4.69) is 0 Å². The summed E-state index contributed by atoms with van der Waals surface area (Å²) in [6.45, 7) is 0.666. The topological polar surface area (TPSA) is 9.23 Å². The monoisotopic (exact) mass is 114 g/mol. The van der Waals surface area contributed by atoms with Crippen molar-refractivity contribution >= 4 is 17.3 Å². The third kappa shape index (κ3) is 1.27. The van der Waals surface area contributed by atoms with Crippen LogP contribution in [0.25, 0.3) is 0 Å². The van der Waals surface area contributed by atoms with Gasteiger partial charge in [-0.25, -0.2) is 0 Å². The van der Waals surface area contributed by atoms with E-state index in [0.29, 0.717) is 11.7 Å². The number of hydrogen-bond acceptors (Lipinski definition) is 2. The van der Waals surface area contributed by atoms with Gasteiger partial charge < -0.3 is 4.74 Å². The number of thiocarbonyl (C=S) groups is 1. The van der Waals surface area contributed by atoms with Crippen molar-refractivity contribution in [2.45, 2.75) is 6.42 Å². The molecule has 0 aromatic heterocycles. The van der Waals surface area contributed by atoms with Crippen molar-refractivity contribution < 1.29 is 4.74 Å². The largest absolute Gasteiger partial charge is 0.483 e. The van der Waals surface area contributed by atoms with E-state index in [-0.39, 0.29) is 0 Å². The Hall–Kier alpha value is -0.370. The summed E-state index contributed by atoms with van der Waals surface area (Å²) < 4.78 is 4.92. The van der Waals surface area contributed by atoms with Gasteiger partial charge in [0.25, 0.3) is 0 Å². The highest BCUT2D eigenvalue weighted by Gasteiger charge is 1.95. The summed E-state index contributed by atoms with van der Waals surface area (Å²) >= 11 is 4.73. The van der Waals surface area contributed by atoms with E-state index in [1.54, 1.807) is 0 Å². The fraction of sp³-hybridized carbons (Fsp3) is 0.400. The van der Waals surface area contributed by atoms with Crippen molar-refractivity contribution in [1.82, 2.24) is 0 Å². The van der Waals surface area contributed by atoms with Gasteiger partial charge in [-0.2, -0.15) is 0 Å². The third-order valence-electron chi connectivity index (χ3n) is 0.792. The van der Waals surface area contributed by atoms with Gasteiger partial charge in [-0.05, 0) is 12.2 Å². The molecule has 0 aliphatic carbocycles. The van der Waals surface area contributed by atoms with Crippen LogP contribution in [0.3, 0.4) is 0 Å². The number of hydrogen-bond donors (Lipinski definition) is 0. The lowest BCUT2D eigenvalue weighted by atomic mass is 10.3. The zero-order chi connectivity index (χ0) is 5.11. The van der Waals surface area contributed by atoms with Crippen molar-refractivity contribution in [1.29, 1.82) is 0 Å². The molecule has 0 saturated carbocycles. The molecule has 0 saturated heterocycles. The van der Waals surface area contributed by atoms with Gasteiger partial charge in [-0.3, -0.25) is 0 Å². The second-order valence-corrected chi connectivity index (χ2v) is 1.81. The van der Waals surface area contributed by atoms with Crippen molar-refractivity contribution in [3.63, 3.8) is 0 Å². The van der Waals surface area contributed by atoms with E-state index in [0.717, 1.165) is 6.42 Å². The van der Waals surface area contributed by atoms with Crippen LogP contribution in [0, 0.1) is 0 Å². The molecule has 7 heavy (non-hydrogen) atoms. The minimum Gasteiger partial charge on any atom is -0.483 e. The second-order valence-electron chi connectivity index (χ2n) is 1.36. The van der Waals surface area contributed by atoms with Gasteiger partial charge in [0.05, 0.1) is 0 Å². The summed E-state index contributed by atoms with van der Waals surface area (Å²) in [7, 11) is 0. The zero-order valence-corrected chi connectivity index (χ0v) is 4.70. The molecule has 1 rings (SSSR count). The Kier molecular flexibility index (Phi) is 1.42. The van der Waals surface area contributed by atoms with Crippen LogP contribution < -0.4 is 0 Å². The molecule has 0 aromatic rings. The zero-order valence-electron chi connectivity index (χ0n) is 3.89. The lowest BCUT2D eigenvalue weighted by Gasteiger charge is -2.05. The Balaban J connectivity index is 2.47. The molecule has 0 spiro atoms. The minimum atomic E-state index is 0.666. The van der Waals surface area contributed by atoms with Crippen molar-refractivity contribution in [3.8, 4) is 0 Å². The summed E-state index contributed by atoms with van der Waals surface area (Å²) in [4.78, 5) is 0. The van der Waals surface area contributed by atoms with Gasteiger partial charge in [-0.15, -0.1) is 0 Å². The normalized spacial score (nSPS) is 19.1. The van der Waals surface area contributed by atoms with Crippen LogP contribution in [0.15, 0.2) is 12.2 Å². The van der Waals surface area contributed by atoms with Crippen LogP contribution in [0.1, 0.15) is 6.42 Å². The molecule has 38 valence electrons. The predicted molar refractivity (Wildman–Crippen MR) is 32.3 cm³/mol. The Bertz CT molecular complexity index is 107. The van der Waals surface area contributed by atoms with Crippen LogP contribution in [-0.2, 0) is 4.74 Å². The quantitative estimate of drug-likeness (QED) is 0.346. The molecular formula is C5H6OS. The average molecular weight is 114 g/mol. The van der Waals surface area contributed by atoms with Gasteiger partial charge in [0.15, 0.2) is 5.05 Å². The van der Waals surface area contributed by atoms with E-state index in [1.165, 1.54) is 0 Å². The molecule has 1 nitrogen and oxygen atoms in total. The van der Waals surface area contributed by atoms with Gasteiger partial charge in [0.1, 0.15) is 6.61 Å². The molecule has 0 unspecified atom stereocenters. The van der Waals surface area contributed by atoms with E-state index >= 15 is 0 Å². The molecular weight excluding hydrogens is 108 g/mol. The van der Waals surface area contributed by atoms with Crippen molar-refractivity contribution in [2.24, 2.45) is 0 Å². The maximum absolute atomic E-state index is 4.92. The van der Waals surface area contributed by atoms with Crippen LogP contribution in [0.5, 0.6) is 0 Å². The van der Waals surface area contributed by atoms with E-state index in [1.807, 2.05) is 12.2 Å². The molecule has 0 radical (unpaired) electrons. The molecule has 0 amide bonds. The molecule has 0 aromatic carbocycles. The summed E-state index contributed by atoms with van der Waals surface area (Å²) in [6, 6.07) is 0. The molecule has 1 aliphatic heterocycles.